The number of amides is 2. The van der Waals surface area contributed by atoms with Crippen LogP contribution in [0.1, 0.15) is 36.8 Å². The first-order chi connectivity index (χ1) is 10.1. The molecule has 1 aliphatic heterocycles. The topological polar surface area (TPSA) is 49.4 Å². The maximum Gasteiger partial charge on any atom is 0.246 e. The molecule has 110 valence electrons. The Bertz CT molecular complexity index is 609. The first-order valence-electron chi connectivity index (χ1n) is 7.84. The molecule has 0 bridgehead atoms. The highest BCUT2D eigenvalue weighted by Crippen LogP contribution is 2.38. The molecule has 1 aromatic carbocycles. The molecular weight excluding hydrogens is 264 g/mol. The lowest BCUT2D eigenvalue weighted by Gasteiger charge is -2.41. The van der Waals surface area contributed by atoms with Crippen molar-refractivity contribution < 1.29 is 9.59 Å². The lowest BCUT2D eigenvalue weighted by Crippen LogP contribution is -2.63. The average molecular weight is 284 g/mol. The van der Waals surface area contributed by atoms with Gasteiger partial charge < -0.3 is 10.2 Å². The Morgan fingerprint density at radius 3 is 2.71 bits per heavy atom. The zero-order chi connectivity index (χ0) is 14.6. The van der Waals surface area contributed by atoms with Crippen LogP contribution in [0.5, 0.6) is 0 Å². The van der Waals surface area contributed by atoms with Crippen molar-refractivity contribution in [1.82, 2.24) is 10.2 Å². The van der Waals surface area contributed by atoms with Crippen molar-refractivity contribution in [1.29, 1.82) is 0 Å². The molecule has 3 aliphatic rings. The molecule has 2 aliphatic carbocycles. The number of carbonyl (C=O) groups is 2. The number of hydrogen-bond donors (Lipinski definition) is 1. The quantitative estimate of drug-likeness (QED) is 0.913. The molecular formula is C17H20N2O2. The van der Waals surface area contributed by atoms with Gasteiger partial charge in [0.1, 0.15) is 12.1 Å². The molecule has 4 heteroatoms. The third-order valence-corrected chi connectivity index (χ3v) is 5.17. The van der Waals surface area contributed by atoms with Crippen molar-refractivity contribution in [2.24, 2.45) is 5.92 Å². The summed E-state index contributed by atoms with van der Waals surface area (Å²) in [6.45, 7) is 2.51. The summed E-state index contributed by atoms with van der Waals surface area (Å²) >= 11 is 0. The van der Waals surface area contributed by atoms with Gasteiger partial charge in [-0.25, -0.2) is 0 Å². The molecule has 1 saturated heterocycles. The molecule has 2 amide bonds. The van der Waals surface area contributed by atoms with E-state index in [0.717, 1.165) is 19.3 Å². The van der Waals surface area contributed by atoms with E-state index in [1.165, 1.54) is 11.1 Å². The van der Waals surface area contributed by atoms with E-state index in [-0.39, 0.29) is 23.9 Å². The van der Waals surface area contributed by atoms with Gasteiger partial charge in [0, 0.05) is 12.5 Å². The average Bonchev–Trinajstić information content (AvgIpc) is 3.28. The fourth-order valence-corrected chi connectivity index (χ4v) is 3.61. The fraction of sp³-hybridized carbons (Fsp3) is 0.529. The highest BCUT2D eigenvalue weighted by Gasteiger charge is 2.46. The number of carbonyl (C=O) groups excluding carboxylic acids is 2. The summed E-state index contributed by atoms with van der Waals surface area (Å²) in [5.74, 6) is 0.872. The molecule has 2 fully saturated rings. The number of hydrogen-bond acceptors (Lipinski definition) is 2. The maximum absolute atomic E-state index is 12.7. The fourth-order valence-electron chi connectivity index (χ4n) is 3.61. The lowest BCUT2D eigenvalue weighted by atomic mass is 9.77. The van der Waals surface area contributed by atoms with Crippen LogP contribution >= 0.6 is 0 Å². The van der Waals surface area contributed by atoms with Gasteiger partial charge in [-0.05, 0) is 43.2 Å². The first kappa shape index (κ1) is 12.9. The lowest BCUT2D eigenvalue weighted by molar-refractivity contribution is -0.149. The van der Waals surface area contributed by atoms with Crippen molar-refractivity contribution in [3.05, 3.63) is 35.4 Å². The van der Waals surface area contributed by atoms with E-state index in [9.17, 15) is 9.59 Å². The SMILES string of the molecule is CC1C(=O)NC(C2CC2)C(=O)N1CC1Cc2ccccc21. The highest BCUT2D eigenvalue weighted by molar-refractivity contribution is 5.97. The maximum atomic E-state index is 12.7. The van der Waals surface area contributed by atoms with E-state index < -0.39 is 0 Å². The van der Waals surface area contributed by atoms with Crippen molar-refractivity contribution in [2.45, 2.75) is 44.2 Å². The summed E-state index contributed by atoms with van der Waals surface area (Å²) in [5, 5.41) is 2.91. The van der Waals surface area contributed by atoms with Crippen molar-refractivity contribution in [2.75, 3.05) is 6.54 Å². The summed E-state index contributed by atoms with van der Waals surface area (Å²) in [5.41, 5.74) is 2.72. The second-order valence-corrected chi connectivity index (χ2v) is 6.59. The minimum atomic E-state index is -0.347. The summed E-state index contributed by atoms with van der Waals surface area (Å²) < 4.78 is 0. The Labute approximate surface area is 124 Å². The van der Waals surface area contributed by atoms with Crippen molar-refractivity contribution >= 4 is 11.8 Å². The van der Waals surface area contributed by atoms with E-state index in [1.807, 2.05) is 17.9 Å². The molecule has 1 saturated carbocycles. The molecule has 0 radical (unpaired) electrons. The molecule has 1 N–H and O–H groups in total. The van der Waals surface area contributed by atoms with Crippen LogP contribution in [-0.2, 0) is 16.0 Å². The smallest absolute Gasteiger partial charge is 0.246 e. The Morgan fingerprint density at radius 1 is 1.24 bits per heavy atom. The minimum Gasteiger partial charge on any atom is -0.342 e. The van der Waals surface area contributed by atoms with Gasteiger partial charge in [0.05, 0.1) is 0 Å². The number of benzene rings is 1. The van der Waals surface area contributed by atoms with E-state index in [0.29, 0.717) is 18.4 Å². The van der Waals surface area contributed by atoms with Gasteiger partial charge in [-0.1, -0.05) is 24.3 Å². The van der Waals surface area contributed by atoms with Crippen LogP contribution in [0.4, 0.5) is 0 Å². The highest BCUT2D eigenvalue weighted by atomic mass is 16.2. The van der Waals surface area contributed by atoms with Gasteiger partial charge in [0.2, 0.25) is 11.8 Å². The summed E-state index contributed by atoms with van der Waals surface area (Å²) in [4.78, 5) is 26.6. The Morgan fingerprint density at radius 2 is 2.00 bits per heavy atom. The Hall–Kier alpha value is -1.84. The molecule has 3 unspecified atom stereocenters. The molecule has 4 nitrogen and oxygen atoms in total. The van der Waals surface area contributed by atoms with E-state index >= 15 is 0 Å². The zero-order valence-electron chi connectivity index (χ0n) is 12.2. The Kier molecular flexibility index (Phi) is 2.81. The first-order valence-corrected chi connectivity index (χ1v) is 7.84. The third kappa shape index (κ3) is 2.04. The summed E-state index contributed by atoms with van der Waals surface area (Å²) in [7, 11) is 0. The monoisotopic (exact) mass is 284 g/mol. The minimum absolute atomic E-state index is 0.000825. The zero-order valence-corrected chi connectivity index (χ0v) is 12.2. The van der Waals surface area contributed by atoms with Gasteiger partial charge in [-0.2, -0.15) is 0 Å². The second-order valence-electron chi connectivity index (χ2n) is 6.59. The Balaban J connectivity index is 1.53. The molecule has 0 spiro atoms. The van der Waals surface area contributed by atoms with E-state index in [2.05, 4.69) is 23.5 Å². The van der Waals surface area contributed by atoms with Gasteiger partial charge >= 0.3 is 0 Å². The number of rotatable bonds is 3. The van der Waals surface area contributed by atoms with Gasteiger partial charge in [0.15, 0.2) is 0 Å². The van der Waals surface area contributed by atoms with Crippen LogP contribution in [0.25, 0.3) is 0 Å². The van der Waals surface area contributed by atoms with Crippen LogP contribution in [-0.4, -0.2) is 35.3 Å². The van der Waals surface area contributed by atoms with Gasteiger partial charge in [0.25, 0.3) is 0 Å². The number of fused-ring (bicyclic) bond motifs is 1. The van der Waals surface area contributed by atoms with Crippen LogP contribution in [0.3, 0.4) is 0 Å². The van der Waals surface area contributed by atoms with E-state index in [1.54, 1.807) is 0 Å². The van der Waals surface area contributed by atoms with Crippen LogP contribution in [0, 0.1) is 5.92 Å². The van der Waals surface area contributed by atoms with Gasteiger partial charge in [-0.15, -0.1) is 0 Å². The van der Waals surface area contributed by atoms with Crippen LogP contribution in [0.2, 0.25) is 0 Å². The number of nitrogens with one attached hydrogen (secondary N) is 1. The number of nitrogens with zero attached hydrogens (tertiary/aromatic N) is 1. The molecule has 0 aromatic heterocycles. The normalized spacial score (nSPS) is 31.5. The van der Waals surface area contributed by atoms with Crippen LogP contribution < -0.4 is 5.32 Å². The summed E-state index contributed by atoms with van der Waals surface area (Å²) in [6.07, 6.45) is 3.14. The molecule has 1 heterocycles. The molecule has 1 aromatic rings. The van der Waals surface area contributed by atoms with Gasteiger partial charge in [-0.3, -0.25) is 9.59 Å². The van der Waals surface area contributed by atoms with Crippen molar-refractivity contribution in [3.63, 3.8) is 0 Å². The third-order valence-electron chi connectivity index (χ3n) is 5.17. The molecule has 3 atom stereocenters. The summed E-state index contributed by atoms with van der Waals surface area (Å²) in [6, 6.07) is 7.77. The molecule has 4 rings (SSSR count). The predicted octanol–water partition coefficient (Wildman–Crippen LogP) is 1.45. The largest absolute Gasteiger partial charge is 0.342 e. The van der Waals surface area contributed by atoms with Crippen LogP contribution in [0.15, 0.2) is 24.3 Å². The second kappa shape index (κ2) is 4.58. The predicted molar refractivity (Wildman–Crippen MR) is 78.7 cm³/mol. The molecule has 21 heavy (non-hydrogen) atoms. The van der Waals surface area contributed by atoms with E-state index in [4.69, 9.17) is 0 Å². The standard InChI is InChI=1S/C17H20N2O2/c1-10-16(20)18-15(11-6-7-11)17(21)19(10)9-13-8-12-4-2-3-5-14(12)13/h2-5,10-11,13,15H,6-9H2,1H3,(H,18,20). The van der Waals surface area contributed by atoms with Crippen molar-refractivity contribution in [3.8, 4) is 0 Å². The number of piperazine rings is 1.